The van der Waals surface area contributed by atoms with E-state index >= 15 is 0 Å². The summed E-state index contributed by atoms with van der Waals surface area (Å²) in [7, 11) is 0. The van der Waals surface area contributed by atoms with Crippen LogP contribution in [0.3, 0.4) is 0 Å². The third kappa shape index (κ3) is 2.65. The van der Waals surface area contributed by atoms with Gasteiger partial charge in [-0.25, -0.2) is 4.98 Å². The minimum absolute atomic E-state index is 0.0132. The first kappa shape index (κ1) is 17.4. The number of aromatic nitrogens is 2. The summed E-state index contributed by atoms with van der Waals surface area (Å²) in [5.41, 5.74) is 1.46. The summed E-state index contributed by atoms with van der Waals surface area (Å²) in [6, 6.07) is 15.8. The Morgan fingerprint density at radius 3 is 2.71 bits per heavy atom. The molecule has 5 nitrogen and oxygen atoms in total. The second kappa shape index (κ2) is 6.74. The highest BCUT2D eigenvalue weighted by molar-refractivity contribution is 5.99. The molecule has 0 spiro atoms. The molecule has 3 atom stereocenters. The summed E-state index contributed by atoms with van der Waals surface area (Å²) in [6.07, 6.45) is 8.26. The number of hydrogen-bond acceptors (Lipinski definition) is 3. The van der Waals surface area contributed by atoms with Crippen LogP contribution in [-0.4, -0.2) is 37.9 Å². The van der Waals surface area contributed by atoms with Crippen molar-refractivity contribution >= 4 is 11.4 Å². The molecular formula is C23H25N3O2. The summed E-state index contributed by atoms with van der Waals surface area (Å²) >= 11 is 0. The summed E-state index contributed by atoms with van der Waals surface area (Å²) in [4.78, 5) is 19.8. The molecule has 1 saturated heterocycles. The van der Waals surface area contributed by atoms with Crippen molar-refractivity contribution in [1.82, 2.24) is 14.3 Å². The third-order valence-corrected chi connectivity index (χ3v) is 6.66. The molecule has 1 amide bonds. The van der Waals surface area contributed by atoms with Crippen LogP contribution in [-0.2, 0) is 5.60 Å². The van der Waals surface area contributed by atoms with Crippen molar-refractivity contribution < 1.29 is 9.90 Å². The highest BCUT2D eigenvalue weighted by atomic mass is 16.3. The van der Waals surface area contributed by atoms with Gasteiger partial charge in [-0.15, -0.1) is 0 Å². The lowest BCUT2D eigenvalue weighted by atomic mass is 9.66. The van der Waals surface area contributed by atoms with Crippen LogP contribution in [0.15, 0.2) is 61.1 Å². The maximum atomic E-state index is 13.4. The fourth-order valence-electron chi connectivity index (χ4n) is 5.27. The van der Waals surface area contributed by atoms with E-state index < -0.39 is 5.60 Å². The molecule has 2 fully saturated rings. The predicted molar refractivity (Wildman–Crippen MR) is 107 cm³/mol. The number of hydrogen-bond donors (Lipinski definition) is 1. The van der Waals surface area contributed by atoms with Crippen LogP contribution in [0.25, 0.3) is 5.52 Å². The largest absolute Gasteiger partial charge is 0.385 e. The van der Waals surface area contributed by atoms with E-state index in [4.69, 9.17) is 0 Å². The lowest BCUT2D eigenvalue weighted by molar-refractivity contribution is -0.110. The van der Waals surface area contributed by atoms with Gasteiger partial charge in [0.1, 0.15) is 6.33 Å². The quantitative estimate of drug-likeness (QED) is 0.744. The molecule has 5 rings (SSSR count). The van der Waals surface area contributed by atoms with Gasteiger partial charge in [0.05, 0.1) is 11.1 Å². The number of fused-ring (bicyclic) bond motifs is 2. The molecule has 0 bridgehead atoms. The van der Waals surface area contributed by atoms with Gasteiger partial charge in [-0.3, -0.25) is 4.79 Å². The number of amides is 1. The molecule has 0 radical (unpaired) electrons. The normalized spacial score (nSPS) is 27.5. The maximum absolute atomic E-state index is 13.4. The molecule has 28 heavy (non-hydrogen) atoms. The molecule has 1 saturated carbocycles. The number of carbonyl (C=O) groups excluding carboxylic acids is 1. The minimum Gasteiger partial charge on any atom is -0.385 e. The van der Waals surface area contributed by atoms with Gasteiger partial charge in [-0.1, -0.05) is 49.2 Å². The first-order valence-electron chi connectivity index (χ1n) is 10.2. The minimum atomic E-state index is -0.862. The maximum Gasteiger partial charge on any atom is 0.274 e. The zero-order valence-corrected chi connectivity index (χ0v) is 15.9. The van der Waals surface area contributed by atoms with Gasteiger partial charge in [0.25, 0.3) is 5.91 Å². The van der Waals surface area contributed by atoms with E-state index in [1.807, 2.05) is 64.0 Å². The van der Waals surface area contributed by atoms with Gasteiger partial charge in [0, 0.05) is 24.7 Å². The Morgan fingerprint density at radius 2 is 1.86 bits per heavy atom. The highest BCUT2D eigenvalue weighted by Crippen LogP contribution is 2.47. The molecule has 1 N–H and O–H groups in total. The Hall–Kier alpha value is -2.66. The van der Waals surface area contributed by atoms with Crippen LogP contribution >= 0.6 is 0 Å². The van der Waals surface area contributed by atoms with Gasteiger partial charge in [0.15, 0.2) is 5.69 Å². The monoisotopic (exact) mass is 375 g/mol. The highest BCUT2D eigenvalue weighted by Gasteiger charge is 2.50. The molecule has 3 aromatic rings. The molecule has 5 heteroatoms. The number of piperidine rings is 1. The SMILES string of the molecule is O=C(c1ncn2ccccc12)N1CC[C@](O)(c2ccccc2)[C@H]2CCCC[C@H]21. The van der Waals surface area contributed by atoms with Crippen LogP contribution < -0.4 is 0 Å². The van der Waals surface area contributed by atoms with E-state index in [0.29, 0.717) is 18.7 Å². The van der Waals surface area contributed by atoms with E-state index in [0.717, 1.165) is 36.8 Å². The Labute approximate surface area is 164 Å². The topological polar surface area (TPSA) is 57.8 Å². The second-order valence-corrected chi connectivity index (χ2v) is 8.08. The number of aliphatic hydroxyl groups is 1. The average molecular weight is 375 g/mol. The number of benzene rings is 1. The summed E-state index contributed by atoms with van der Waals surface area (Å²) in [5.74, 6) is 0.0518. The van der Waals surface area contributed by atoms with Gasteiger partial charge in [0.2, 0.25) is 0 Å². The van der Waals surface area contributed by atoms with Gasteiger partial charge >= 0.3 is 0 Å². The molecule has 0 unspecified atom stereocenters. The van der Waals surface area contributed by atoms with Crippen molar-refractivity contribution in [3.05, 3.63) is 72.3 Å². The smallest absolute Gasteiger partial charge is 0.274 e. The molecule has 3 heterocycles. The van der Waals surface area contributed by atoms with E-state index in [1.54, 1.807) is 6.33 Å². The first-order valence-corrected chi connectivity index (χ1v) is 10.2. The van der Waals surface area contributed by atoms with Gasteiger partial charge in [-0.05, 0) is 37.0 Å². The molecule has 2 aliphatic rings. The number of likely N-dealkylation sites (tertiary alicyclic amines) is 1. The second-order valence-electron chi connectivity index (χ2n) is 8.08. The van der Waals surface area contributed by atoms with Crippen molar-refractivity contribution in [3.8, 4) is 0 Å². The predicted octanol–water partition coefficient (Wildman–Crippen LogP) is 3.63. The molecule has 144 valence electrons. The standard InChI is InChI=1S/C23H25N3O2/c27-22(21-20-12-6-7-14-25(20)16-24-21)26-15-13-23(28,17-8-2-1-3-9-17)18-10-4-5-11-19(18)26/h1-3,6-9,12,14,16,18-19,28H,4-5,10-11,13,15H2/t18-,19+,23-/m0/s1. The average Bonchev–Trinajstić information content (AvgIpc) is 3.19. The number of pyridine rings is 1. The lowest BCUT2D eigenvalue weighted by Gasteiger charge is -2.52. The number of imidazole rings is 1. The summed E-state index contributed by atoms with van der Waals surface area (Å²) < 4.78 is 1.88. The van der Waals surface area contributed by atoms with Crippen molar-refractivity contribution in [2.24, 2.45) is 5.92 Å². The van der Waals surface area contributed by atoms with Crippen LogP contribution in [0, 0.1) is 5.92 Å². The fourth-order valence-corrected chi connectivity index (χ4v) is 5.27. The Morgan fingerprint density at radius 1 is 1.07 bits per heavy atom. The summed E-state index contributed by atoms with van der Waals surface area (Å²) in [5, 5.41) is 11.7. The van der Waals surface area contributed by atoms with Crippen LogP contribution in [0.4, 0.5) is 0 Å². The molecule has 1 aliphatic heterocycles. The van der Waals surface area contributed by atoms with Gasteiger partial charge in [-0.2, -0.15) is 0 Å². The lowest BCUT2D eigenvalue weighted by Crippen LogP contribution is -2.59. The van der Waals surface area contributed by atoms with E-state index in [2.05, 4.69) is 4.98 Å². The van der Waals surface area contributed by atoms with E-state index in [-0.39, 0.29) is 17.9 Å². The number of nitrogens with zero attached hydrogens (tertiary/aromatic N) is 3. The third-order valence-electron chi connectivity index (χ3n) is 6.66. The van der Waals surface area contributed by atoms with E-state index in [1.165, 1.54) is 0 Å². The molecule has 1 aromatic carbocycles. The Bertz CT molecular complexity index is 999. The molecule has 2 aromatic heterocycles. The van der Waals surface area contributed by atoms with E-state index in [9.17, 15) is 9.90 Å². The first-order chi connectivity index (χ1) is 13.7. The van der Waals surface area contributed by atoms with Crippen molar-refractivity contribution in [2.75, 3.05) is 6.54 Å². The number of rotatable bonds is 2. The van der Waals surface area contributed by atoms with Crippen LogP contribution in [0.2, 0.25) is 0 Å². The van der Waals surface area contributed by atoms with Crippen LogP contribution in [0.1, 0.15) is 48.2 Å². The fraction of sp³-hybridized carbons (Fsp3) is 0.391. The van der Waals surface area contributed by atoms with Crippen LogP contribution in [0.5, 0.6) is 0 Å². The van der Waals surface area contributed by atoms with Crippen molar-refractivity contribution in [3.63, 3.8) is 0 Å². The zero-order valence-electron chi connectivity index (χ0n) is 15.9. The molecule has 1 aliphatic carbocycles. The van der Waals surface area contributed by atoms with Crippen molar-refractivity contribution in [2.45, 2.75) is 43.7 Å². The summed E-state index contributed by atoms with van der Waals surface area (Å²) in [6.45, 7) is 0.553. The van der Waals surface area contributed by atoms with Crippen molar-refractivity contribution in [1.29, 1.82) is 0 Å². The van der Waals surface area contributed by atoms with Gasteiger partial charge < -0.3 is 14.4 Å². The number of carbonyl (C=O) groups is 1. The Kier molecular flexibility index (Phi) is 4.20. The Balaban J connectivity index is 1.50. The molecular weight excluding hydrogens is 350 g/mol. The zero-order chi connectivity index (χ0) is 19.1.